The monoisotopic (exact) mass is 269 g/mol. The van der Waals surface area contributed by atoms with Gasteiger partial charge < -0.3 is 5.32 Å². The molecule has 0 spiro atoms. The minimum absolute atomic E-state index is 0.0499. The molecule has 0 radical (unpaired) electrons. The summed E-state index contributed by atoms with van der Waals surface area (Å²) in [5.41, 5.74) is 1.13. The first-order chi connectivity index (χ1) is 7.15. The summed E-state index contributed by atoms with van der Waals surface area (Å²) >= 11 is 3.33. The number of benzene rings is 1. The second-order valence-corrected chi connectivity index (χ2v) is 4.62. The van der Waals surface area contributed by atoms with E-state index >= 15 is 0 Å². The number of amides is 1. The van der Waals surface area contributed by atoms with Crippen molar-refractivity contribution >= 4 is 21.8 Å². The van der Waals surface area contributed by atoms with Crippen molar-refractivity contribution in [3.8, 4) is 0 Å². The largest absolute Gasteiger partial charge is 0.349 e. The Morgan fingerprint density at radius 2 is 2.00 bits per heavy atom. The lowest BCUT2D eigenvalue weighted by atomic mass is 10.1. The van der Waals surface area contributed by atoms with Crippen LogP contribution < -0.4 is 5.32 Å². The molecule has 2 nitrogen and oxygen atoms in total. The Morgan fingerprint density at radius 1 is 1.40 bits per heavy atom. The van der Waals surface area contributed by atoms with E-state index in [9.17, 15) is 4.79 Å². The summed E-state index contributed by atoms with van der Waals surface area (Å²) in [7, 11) is 0. The molecule has 1 amide bonds. The van der Waals surface area contributed by atoms with Crippen LogP contribution in [0.1, 0.15) is 31.9 Å². The number of rotatable bonds is 4. The molecule has 0 aliphatic heterocycles. The number of hydrogen-bond acceptors (Lipinski definition) is 1. The number of carbonyl (C=O) groups is 1. The van der Waals surface area contributed by atoms with E-state index in [-0.39, 0.29) is 16.8 Å². The van der Waals surface area contributed by atoms with E-state index in [0.717, 1.165) is 12.0 Å². The first kappa shape index (κ1) is 12.2. The Kier molecular flexibility index (Phi) is 4.82. The number of hydrogen-bond donors (Lipinski definition) is 1. The van der Waals surface area contributed by atoms with E-state index in [1.807, 2.05) is 44.2 Å². The van der Waals surface area contributed by atoms with E-state index in [1.165, 1.54) is 0 Å². The molecule has 0 fully saturated rings. The third kappa shape index (κ3) is 3.67. The first-order valence-electron chi connectivity index (χ1n) is 5.14. The molecule has 0 aliphatic rings. The first-order valence-corrected chi connectivity index (χ1v) is 6.06. The van der Waals surface area contributed by atoms with E-state index in [1.54, 1.807) is 0 Å². The summed E-state index contributed by atoms with van der Waals surface area (Å²) in [5, 5.41) is 2.96. The van der Waals surface area contributed by atoms with Gasteiger partial charge in [-0.2, -0.15) is 0 Å². The fourth-order valence-electron chi connectivity index (χ4n) is 1.31. The Hall–Kier alpha value is -0.830. The van der Waals surface area contributed by atoms with Crippen LogP contribution in [0.3, 0.4) is 0 Å². The second kappa shape index (κ2) is 5.91. The Labute approximate surface area is 99.2 Å². The highest BCUT2D eigenvalue weighted by Crippen LogP contribution is 2.13. The van der Waals surface area contributed by atoms with Gasteiger partial charge in [0.25, 0.3) is 0 Å². The highest BCUT2D eigenvalue weighted by molar-refractivity contribution is 9.10. The van der Waals surface area contributed by atoms with Crippen LogP contribution in [0.15, 0.2) is 30.3 Å². The van der Waals surface area contributed by atoms with Crippen LogP contribution in [-0.2, 0) is 4.79 Å². The van der Waals surface area contributed by atoms with Gasteiger partial charge in [-0.1, -0.05) is 53.2 Å². The highest BCUT2D eigenvalue weighted by atomic mass is 79.9. The number of alkyl halides is 1. The molecule has 82 valence electrons. The van der Waals surface area contributed by atoms with Crippen molar-refractivity contribution in [3.63, 3.8) is 0 Å². The van der Waals surface area contributed by atoms with Crippen LogP contribution in [0, 0.1) is 0 Å². The third-order valence-electron chi connectivity index (χ3n) is 2.30. The topological polar surface area (TPSA) is 29.1 Å². The molecule has 1 N–H and O–H groups in total. The van der Waals surface area contributed by atoms with Crippen LogP contribution in [0.4, 0.5) is 0 Å². The Morgan fingerprint density at radius 3 is 2.53 bits per heavy atom. The van der Waals surface area contributed by atoms with Gasteiger partial charge in [-0.05, 0) is 18.9 Å². The van der Waals surface area contributed by atoms with E-state index in [2.05, 4.69) is 21.2 Å². The quantitative estimate of drug-likeness (QED) is 0.837. The summed E-state index contributed by atoms with van der Waals surface area (Å²) in [4.78, 5) is 11.5. The van der Waals surface area contributed by atoms with Gasteiger partial charge in [-0.3, -0.25) is 4.79 Å². The molecule has 15 heavy (non-hydrogen) atoms. The predicted molar refractivity (Wildman–Crippen MR) is 66.0 cm³/mol. The molecule has 2 atom stereocenters. The summed E-state index contributed by atoms with van der Waals surface area (Å²) in [5.74, 6) is 0.0499. The van der Waals surface area contributed by atoms with Crippen molar-refractivity contribution in [2.24, 2.45) is 0 Å². The predicted octanol–water partition coefficient (Wildman–Crippen LogP) is 3.04. The van der Waals surface area contributed by atoms with Crippen molar-refractivity contribution in [3.05, 3.63) is 35.9 Å². The van der Waals surface area contributed by atoms with E-state index in [4.69, 9.17) is 0 Å². The maximum Gasteiger partial charge on any atom is 0.234 e. The fourth-order valence-corrected chi connectivity index (χ4v) is 1.45. The molecule has 0 aliphatic carbocycles. The number of carbonyl (C=O) groups excluding carboxylic acids is 1. The number of nitrogens with one attached hydrogen (secondary N) is 1. The zero-order valence-electron chi connectivity index (χ0n) is 9.03. The zero-order chi connectivity index (χ0) is 11.3. The molecule has 1 aromatic rings. The maximum absolute atomic E-state index is 11.6. The minimum Gasteiger partial charge on any atom is -0.349 e. The lowest BCUT2D eigenvalue weighted by Crippen LogP contribution is -2.32. The lowest BCUT2D eigenvalue weighted by Gasteiger charge is -2.16. The van der Waals surface area contributed by atoms with Crippen molar-refractivity contribution in [1.82, 2.24) is 5.32 Å². The summed E-state index contributed by atoms with van der Waals surface area (Å²) in [6, 6.07) is 10.0. The van der Waals surface area contributed by atoms with Crippen molar-refractivity contribution in [2.75, 3.05) is 0 Å². The van der Waals surface area contributed by atoms with Gasteiger partial charge in [-0.25, -0.2) is 0 Å². The van der Waals surface area contributed by atoms with Crippen LogP contribution in [0.5, 0.6) is 0 Å². The zero-order valence-corrected chi connectivity index (χ0v) is 10.6. The van der Waals surface area contributed by atoms with Crippen molar-refractivity contribution < 1.29 is 4.79 Å². The molecule has 3 heteroatoms. The molecule has 0 aromatic heterocycles. The van der Waals surface area contributed by atoms with Gasteiger partial charge in [0.2, 0.25) is 5.91 Å². The molecule has 0 bridgehead atoms. The Bertz CT molecular complexity index is 313. The van der Waals surface area contributed by atoms with E-state index in [0.29, 0.717) is 0 Å². The average molecular weight is 270 g/mol. The van der Waals surface area contributed by atoms with Crippen LogP contribution in [0.2, 0.25) is 0 Å². The fraction of sp³-hybridized carbons (Fsp3) is 0.417. The molecule has 1 rings (SSSR count). The average Bonchev–Trinajstić information content (AvgIpc) is 2.29. The minimum atomic E-state index is -0.0938. The molecule has 2 unspecified atom stereocenters. The maximum atomic E-state index is 11.6. The molecule has 1 aromatic carbocycles. The summed E-state index contributed by atoms with van der Waals surface area (Å²) in [6.07, 6.45) is 0.799. The lowest BCUT2D eigenvalue weighted by molar-refractivity contribution is -0.121. The van der Waals surface area contributed by atoms with Gasteiger partial charge in [0.15, 0.2) is 0 Å². The van der Waals surface area contributed by atoms with Gasteiger partial charge >= 0.3 is 0 Å². The summed E-state index contributed by atoms with van der Waals surface area (Å²) < 4.78 is 0. The third-order valence-corrected chi connectivity index (χ3v) is 3.36. The van der Waals surface area contributed by atoms with Gasteiger partial charge in [0, 0.05) is 0 Å². The molecule has 0 heterocycles. The summed E-state index contributed by atoms with van der Waals surface area (Å²) in [6.45, 7) is 3.97. The van der Waals surface area contributed by atoms with Gasteiger partial charge in [0.05, 0.1) is 10.9 Å². The van der Waals surface area contributed by atoms with E-state index < -0.39 is 0 Å². The standard InChI is InChI=1S/C12H16BrNO/c1-3-11(13)12(15)14-9(2)10-7-5-4-6-8-10/h4-9,11H,3H2,1-2H3,(H,14,15). The smallest absolute Gasteiger partial charge is 0.234 e. The van der Waals surface area contributed by atoms with Crippen molar-refractivity contribution in [2.45, 2.75) is 31.1 Å². The normalized spacial score (nSPS) is 14.3. The highest BCUT2D eigenvalue weighted by Gasteiger charge is 2.15. The second-order valence-electron chi connectivity index (χ2n) is 3.52. The molecule has 0 saturated carbocycles. The SMILES string of the molecule is CCC(Br)C(=O)NC(C)c1ccccc1. The van der Waals surface area contributed by atoms with Gasteiger partial charge in [-0.15, -0.1) is 0 Å². The Balaban J connectivity index is 2.56. The van der Waals surface area contributed by atoms with Crippen LogP contribution in [-0.4, -0.2) is 10.7 Å². The number of halogens is 1. The van der Waals surface area contributed by atoms with Gasteiger partial charge in [0.1, 0.15) is 0 Å². The van der Waals surface area contributed by atoms with Crippen LogP contribution in [0.25, 0.3) is 0 Å². The molecular formula is C12H16BrNO. The van der Waals surface area contributed by atoms with Crippen LogP contribution >= 0.6 is 15.9 Å². The molecule has 0 saturated heterocycles. The molecular weight excluding hydrogens is 254 g/mol. The van der Waals surface area contributed by atoms with Crippen molar-refractivity contribution in [1.29, 1.82) is 0 Å².